The van der Waals surface area contributed by atoms with Gasteiger partial charge < -0.3 is 11.5 Å². The fraction of sp³-hybridized carbons (Fsp3) is 0. The molecule has 0 aromatic carbocycles. The van der Waals surface area contributed by atoms with Crippen molar-refractivity contribution < 1.29 is 9.59 Å². The van der Waals surface area contributed by atoms with Gasteiger partial charge in [-0.15, -0.1) is 0 Å². The topological polar surface area (TPSA) is 99.1 Å². The number of Topliss-reactive ketones (excluding diaryl/α,β-unsaturated/α-hetero) is 1. The van der Waals surface area contributed by atoms with Crippen molar-refractivity contribution in [2.45, 2.75) is 0 Å². The van der Waals surface area contributed by atoms with Gasteiger partial charge in [-0.25, -0.2) is 4.98 Å². The van der Waals surface area contributed by atoms with E-state index in [0.29, 0.717) is 0 Å². The summed E-state index contributed by atoms with van der Waals surface area (Å²) in [6.45, 7) is 0. The van der Waals surface area contributed by atoms with E-state index in [1.165, 1.54) is 18.3 Å². The average Bonchev–Trinajstić information content (AvgIpc) is 2.04. The Morgan fingerprint density at radius 2 is 2.08 bits per heavy atom. The van der Waals surface area contributed by atoms with Gasteiger partial charge in [0.05, 0.1) is 5.56 Å². The number of aromatic nitrogens is 1. The number of ketones is 1. The van der Waals surface area contributed by atoms with Crippen LogP contribution in [-0.2, 0) is 4.79 Å². The molecule has 0 aliphatic rings. The molecule has 0 unspecified atom stereocenters. The van der Waals surface area contributed by atoms with E-state index in [0.717, 1.165) is 0 Å². The Morgan fingerprint density at radius 1 is 1.42 bits per heavy atom. The molecular weight excluding hydrogens is 158 g/mol. The lowest BCUT2D eigenvalue weighted by Crippen LogP contribution is -2.24. The second-order valence-corrected chi connectivity index (χ2v) is 2.13. The Balaban J connectivity index is 3.11. The van der Waals surface area contributed by atoms with E-state index in [4.69, 9.17) is 11.5 Å². The van der Waals surface area contributed by atoms with Crippen molar-refractivity contribution in [3.8, 4) is 0 Å². The van der Waals surface area contributed by atoms with Crippen molar-refractivity contribution in [3.63, 3.8) is 0 Å². The Morgan fingerprint density at radius 3 is 2.58 bits per heavy atom. The second kappa shape index (κ2) is 3.00. The van der Waals surface area contributed by atoms with Crippen LogP contribution in [0.3, 0.4) is 0 Å². The molecule has 1 aromatic heterocycles. The Bertz CT molecular complexity index is 335. The number of amides is 1. The maximum Gasteiger partial charge on any atom is 0.289 e. The van der Waals surface area contributed by atoms with Gasteiger partial charge in [-0.2, -0.15) is 0 Å². The fourth-order valence-electron chi connectivity index (χ4n) is 0.742. The third-order valence-corrected chi connectivity index (χ3v) is 1.31. The quantitative estimate of drug-likeness (QED) is 0.448. The monoisotopic (exact) mass is 165 g/mol. The summed E-state index contributed by atoms with van der Waals surface area (Å²) in [4.78, 5) is 25.0. The first-order valence-electron chi connectivity index (χ1n) is 3.17. The predicted molar refractivity (Wildman–Crippen MR) is 42.2 cm³/mol. The number of nitrogens with two attached hydrogens (primary N) is 2. The Kier molecular flexibility index (Phi) is 2.05. The summed E-state index contributed by atoms with van der Waals surface area (Å²) in [5.74, 6) is -1.84. The van der Waals surface area contributed by atoms with Gasteiger partial charge in [0, 0.05) is 6.20 Å². The molecule has 0 radical (unpaired) electrons. The lowest BCUT2D eigenvalue weighted by molar-refractivity contribution is -0.114. The lowest BCUT2D eigenvalue weighted by Gasteiger charge is -1.98. The first-order chi connectivity index (χ1) is 5.63. The van der Waals surface area contributed by atoms with Crippen molar-refractivity contribution in [1.82, 2.24) is 4.98 Å². The van der Waals surface area contributed by atoms with E-state index in [-0.39, 0.29) is 11.4 Å². The van der Waals surface area contributed by atoms with Crippen LogP contribution in [0.25, 0.3) is 0 Å². The van der Waals surface area contributed by atoms with Gasteiger partial charge >= 0.3 is 0 Å². The molecule has 62 valence electrons. The van der Waals surface area contributed by atoms with Crippen LogP contribution in [0.4, 0.5) is 5.82 Å². The molecule has 0 saturated heterocycles. The molecular formula is C7H7N3O2. The number of carbonyl (C=O) groups excluding carboxylic acids is 2. The molecule has 1 heterocycles. The van der Waals surface area contributed by atoms with E-state index in [1.54, 1.807) is 0 Å². The van der Waals surface area contributed by atoms with Crippen molar-refractivity contribution in [1.29, 1.82) is 0 Å². The maximum absolute atomic E-state index is 11.0. The molecule has 5 heteroatoms. The first kappa shape index (κ1) is 8.19. The van der Waals surface area contributed by atoms with Gasteiger partial charge in [-0.3, -0.25) is 9.59 Å². The molecule has 12 heavy (non-hydrogen) atoms. The number of primary amides is 1. The van der Waals surface area contributed by atoms with E-state index >= 15 is 0 Å². The third kappa shape index (κ3) is 1.39. The molecule has 0 spiro atoms. The van der Waals surface area contributed by atoms with Gasteiger partial charge in [0.25, 0.3) is 11.7 Å². The molecule has 1 aromatic rings. The summed E-state index contributed by atoms with van der Waals surface area (Å²) < 4.78 is 0. The van der Waals surface area contributed by atoms with Crippen molar-refractivity contribution in [2.24, 2.45) is 5.73 Å². The van der Waals surface area contributed by atoms with Crippen LogP contribution in [0.1, 0.15) is 10.4 Å². The number of nitrogen functional groups attached to an aromatic ring is 1. The summed E-state index contributed by atoms with van der Waals surface area (Å²) >= 11 is 0. The SMILES string of the molecule is NC(=O)C(=O)c1cccnc1N. The lowest BCUT2D eigenvalue weighted by atomic mass is 10.1. The van der Waals surface area contributed by atoms with Gasteiger partial charge in [0.2, 0.25) is 0 Å². The van der Waals surface area contributed by atoms with Gasteiger partial charge in [0.1, 0.15) is 5.82 Å². The molecule has 0 saturated carbocycles. The number of carbonyl (C=O) groups is 2. The minimum atomic E-state index is -1.03. The van der Waals surface area contributed by atoms with Crippen LogP contribution >= 0.6 is 0 Å². The largest absolute Gasteiger partial charge is 0.383 e. The molecule has 0 atom stereocenters. The van der Waals surface area contributed by atoms with E-state index in [1.807, 2.05) is 0 Å². The first-order valence-corrected chi connectivity index (χ1v) is 3.17. The zero-order valence-corrected chi connectivity index (χ0v) is 6.15. The van der Waals surface area contributed by atoms with Gasteiger partial charge in [-0.1, -0.05) is 0 Å². The van der Waals surface area contributed by atoms with Crippen LogP contribution in [0.2, 0.25) is 0 Å². The number of anilines is 1. The van der Waals surface area contributed by atoms with Crippen LogP contribution in [0, 0.1) is 0 Å². The zero-order chi connectivity index (χ0) is 9.14. The molecule has 4 N–H and O–H groups in total. The molecule has 1 rings (SSSR count). The van der Waals surface area contributed by atoms with Gasteiger partial charge in [-0.05, 0) is 12.1 Å². The molecule has 0 fully saturated rings. The highest BCUT2D eigenvalue weighted by Crippen LogP contribution is 2.06. The number of rotatable bonds is 2. The van der Waals surface area contributed by atoms with Crippen LogP contribution in [0.5, 0.6) is 0 Å². The molecule has 0 aliphatic heterocycles. The predicted octanol–water partition coefficient (Wildman–Crippen LogP) is -0.668. The molecule has 1 amide bonds. The third-order valence-electron chi connectivity index (χ3n) is 1.31. The van der Waals surface area contributed by atoms with E-state index in [9.17, 15) is 9.59 Å². The summed E-state index contributed by atoms with van der Waals surface area (Å²) in [5.41, 5.74) is 10.1. The standard InChI is InChI=1S/C7H7N3O2/c8-6-4(2-1-3-10-6)5(11)7(9)12/h1-3H,(H2,8,10)(H2,9,12). The highest BCUT2D eigenvalue weighted by atomic mass is 16.2. The number of pyridine rings is 1. The summed E-state index contributed by atoms with van der Waals surface area (Å²) in [5, 5.41) is 0. The number of hydrogen-bond acceptors (Lipinski definition) is 4. The van der Waals surface area contributed by atoms with Crippen LogP contribution in [-0.4, -0.2) is 16.7 Å². The second-order valence-electron chi connectivity index (χ2n) is 2.13. The van der Waals surface area contributed by atoms with E-state index in [2.05, 4.69) is 4.98 Å². The Labute approximate surface area is 68.4 Å². The van der Waals surface area contributed by atoms with Gasteiger partial charge in [0.15, 0.2) is 0 Å². The molecule has 0 bridgehead atoms. The number of hydrogen-bond donors (Lipinski definition) is 2. The highest BCUT2D eigenvalue weighted by Gasteiger charge is 2.14. The van der Waals surface area contributed by atoms with Crippen LogP contribution in [0.15, 0.2) is 18.3 Å². The fourth-order valence-corrected chi connectivity index (χ4v) is 0.742. The van der Waals surface area contributed by atoms with Crippen LogP contribution < -0.4 is 11.5 Å². The van der Waals surface area contributed by atoms with E-state index < -0.39 is 11.7 Å². The Hall–Kier alpha value is -1.91. The maximum atomic E-state index is 11.0. The normalized spacial score (nSPS) is 9.33. The summed E-state index contributed by atoms with van der Waals surface area (Å²) in [6, 6.07) is 2.90. The summed E-state index contributed by atoms with van der Waals surface area (Å²) in [6.07, 6.45) is 1.42. The van der Waals surface area contributed by atoms with Crippen molar-refractivity contribution >= 4 is 17.5 Å². The molecule has 5 nitrogen and oxygen atoms in total. The summed E-state index contributed by atoms with van der Waals surface area (Å²) in [7, 11) is 0. The van der Waals surface area contributed by atoms with Crippen molar-refractivity contribution in [3.05, 3.63) is 23.9 Å². The zero-order valence-electron chi connectivity index (χ0n) is 6.15. The smallest absolute Gasteiger partial charge is 0.289 e. The van der Waals surface area contributed by atoms with Crippen molar-refractivity contribution in [2.75, 3.05) is 5.73 Å². The number of nitrogens with zero attached hydrogens (tertiary/aromatic N) is 1. The minimum Gasteiger partial charge on any atom is -0.383 e. The minimum absolute atomic E-state index is 0.0151. The average molecular weight is 165 g/mol. The molecule has 0 aliphatic carbocycles. The highest BCUT2D eigenvalue weighted by molar-refractivity contribution is 6.43.